The zero-order chi connectivity index (χ0) is 13.5. The largest absolute Gasteiger partial charge is 0.397 e. The Morgan fingerprint density at radius 3 is 2.67 bits per heavy atom. The minimum atomic E-state index is -0.0615. The van der Waals surface area contributed by atoms with Gasteiger partial charge in [0, 0.05) is 32.8 Å². The highest BCUT2D eigenvalue weighted by Crippen LogP contribution is 2.20. The van der Waals surface area contributed by atoms with Crippen LogP contribution in [0, 0.1) is 0 Å². The maximum Gasteiger partial charge on any atom is 0.253 e. The van der Waals surface area contributed by atoms with Gasteiger partial charge in [-0.15, -0.1) is 0 Å². The van der Waals surface area contributed by atoms with Crippen LogP contribution in [0.1, 0.15) is 23.2 Å². The van der Waals surface area contributed by atoms with Crippen molar-refractivity contribution in [1.29, 1.82) is 0 Å². The molecule has 18 heavy (non-hydrogen) atoms. The molecule has 1 aromatic carbocycles. The molecular formula is C13H21N3O2. The summed E-state index contributed by atoms with van der Waals surface area (Å²) < 4.78 is 0. The topological polar surface area (TPSA) is 78.6 Å². The Labute approximate surface area is 108 Å². The van der Waals surface area contributed by atoms with Crippen LogP contribution in [0.2, 0.25) is 0 Å². The summed E-state index contributed by atoms with van der Waals surface area (Å²) in [4.78, 5) is 13.2. The molecule has 0 fully saturated rings. The molecule has 100 valence electrons. The van der Waals surface area contributed by atoms with E-state index in [1.165, 1.54) is 4.90 Å². The van der Waals surface area contributed by atoms with Crippen LogP contribution in [0.15, 0.2) is 18.2 Å². The standard InChI is InChI=1S/C13H21N3O2/c1-16(2)13(18)10-5-6-12(11(14)9-10)15-7-3-4-8-17/h5-6,9,15,17H,3-4,7-8,14H2,1-2H3. The minimum absolute atomic E-state index is 0.0615. The Morgan fingerprint density at radius 1 is 1.39 bits per heavy atom. The highest BCUT2D eigenvalue weighted by Gasteiger charge is 2.09. The van der Waals surface area contributed by atoms with E-state index in [1.54, 1.807) is 26.2 Å². The van der Waals surface area contributed by atoms with Crippen molar-refractivity contribution in [3.05, 3.63) is 23.8 Å². The third-order valence-corrected chi connectivity index (χ3v) is 2.61. The molecule has 5 heteroatoms. The number of rotatable bonds is 6. The molecule has 0 bridgehead atoms. The lowest BCUT2D eigenvalue weighted by Gasteiger charge is -2.13. The van der Waals surface area contributed by atoms with E-state index >= 15 is 0 Å². The van der Waals surface area contributed by atoms with Gasteiger partial charge in [-0.3, -0.25) is 4.79 Å². The lowest BCUT2D eigenvalue weighted by Crippen LogP contribution is -2.21. The summed E-state index contributed by atoms with van der Waals surface area (Å²) in [6.07, 6.45) is 1.65. The summed E-state index contributed by atoms with van der Waals surface area (Å²) in [7, 11) is 3.42. The molecule has 0 saturated heterocycles. The number of unbranched alkanes of at least 4 members (excludes halogenated alkanes) is 1. The van der Waals surface area contributed by atoms with E-state index < -0.39 is 0 Å². The van der Waals surface area contributed by atoms with Crippen molar-refractivity contribution in [1.82, 2.24) is 4.90 Å². The molecule has 0 spiro atoms. The van der Waals surface area contributed by atoms with Crippen LogP contribution in [-0.4, -0.2) is 43.2 Å². The predicted octanol–water partition coefficient (Wildman–Crippen LogP) is 1.15. The van der Waals surface area contributed by atoms with Crippen LogP contribution in [0.4, 0.5) is 11.4 Å². The molecule has 1 aromatic rings. The van der Waals surface area contributed by atoms with Crippen molar-refractivity contribution in [3.8, 4) is 0 Å². The number of nitrogens with one attached hydrogen (secondary N) is 1. The van der Waals surface area contributed by atoms with E-state index in [4.69, 9.17) is 10.8 Å². The number of hydrogen-bond acceptors (Lipinski definition) is 4. The molecule has 0 radical (unpaired) electrons. The van der Waals surface area contributed by atoms with Crippen molar-refractivity contribution < 1.29 is 9.90 Å². The molecule has 1 rings (SSSR count). The molecule has 5 nitrogen and oxygen atoms in total. The molecule has 0 aromatic heterocycles. The Balaban J connectivity index is 2.65. The third-order valence-electron chi connectivity index (χ3n) is 2.61. The molecule has 0 aliphatic heterocycles. The van der Waals surface area contributed by atoms with Crippen molar-refractivity contribution in [2.75, 3.05) is 38.3 Å². The molecule has 0 unspecified atom stereocenters. The molecule has 0 aliphatic rings. The lowest BCUT2D eigenvalue weighted by molar-refractivity contribution is 0.0827. The number of nitrogens with two attached hydrogens (primary N) is 1. The van der Waals surface area contributed by atoms with Crippen LogP contribution >= 0.6 is 0 Å². The van der Waals surface area contributed by atoms with Gasteiger partial charge in [0.15, 0.2) is 0 Å². The Kier molecular flexibility index (Phi) is 5.45. The number of hydrogen-bond donors (Lipinski definition) is 3. The fraction of sp³-hybridized carbons (Fsp3) is 0.462. The molecule has 1 amide bonds. The van der Waals surface area contributed by atoms with Gasteiger partial charge in [0.25, 0.3) is 5.91 Å². The minimum Gasteiger partial charge on any atom is -0.397 e. The number of nitrogen functional groups attached to an aromatic ring is 1. The summed E-state index contributed by atoms with van der Waals surface area (Å²) in [5.41, 5.74) is 7.86. The quantitative estimate of drug-likeness (QED) is 0.523. The summed E-state index contributed by atoms with van der Waals surface area (Å²) >= 11 is 0. The lowest BCUT2D eigenvalue weighted by atomic mass is 10.1. The van der Waals surface area contributed by atoms with E-state index in [2.05, 4.69) is 5.32 Å². The summed E-state index contributed by atoms with van der Waals surface area (Å²) in [6.45, 7) is 0.958. The summed E-state index contributed by atoms with van der Waals surface area (Å²) in [6, 6.07) is 5.24. The predicted molar refractivity (Wildman–Crippen MR) is 73.7 cm³/mol. The first kappa shape index (κ1) is 14.3. The molecule has 4 N–H and O–H groups in total. The van der Waals surface area contributed by atoms with Crippen molar-refractivity contribution in [2.24, 2.45) is 0 Å². The van der Waals surface area contributed by atoms with Gasteiger partial charge in [0.2, 0.25) is 0 Å². The average Bonchev–Trinajstić information content (AvgIpc) is 2.35. The van der Waals surface area contributed by atoms with E-state index in [1.807, 2.05) is 6.07 Å². The van der Waals surface area contributed by atoms with Crippen LogP contribution in [-0.2, 0) is 0 Å². The van der Waals surface area contributed by atoms with Gasteiger partial charge in [-0.05, 0) is 31.0 Å². The zero-order valence-electron chi connectivity index (χ0n) is 10.9. The fourth-order valence-corrected chi connectivity index (χ4v) is 1.57. The van der Waals surface area contributed by atoms with Gasteiger partial charge < -0.3 is 21.1 Å². The average molecular weight is 251 g/mol. The molecule has 0 heterocycles. The second-order valence-electron chi connectivity index (χ2n) is 4.36. The van der Waals surface area contributed by atoms with Crippen LogP contribution in [0.25, 0.3) is 0 Å². The van der Waals surface area contributed by atoms with Gasteiger partial charge in [0.05, 0.1) is 11.4 Å². The number of amides is 1. The van der Waals surface area contributed by atoms with E-state index in [-0.39, 0.29) is 12.5 Å². The first-order valence-corrected chi connectivity index (χ1v) is 6.02. The summed E-state index contributed by atoms with van der Waals surface area (Å²) in [5.74, 6) is -0.0615. The second kappa shape index (κ2) is 6.86. The summed E-state index contributed by atoms with van der Waals surface area (Å²) in [5, 5.41) is 11.9. The van der Waals surface area contributed by atoms with Crippen molar-refractivity contribution >= 4 is 17.3 Å². The van der Waals surface area contributed by atoms with E-state index in [0.717, 1.165) is 25.1 Å². The van der Waals surface area contributed by atoms with Gasteiger partial charge in [-0.2, -0.15) is 0 Å². The molecular weight excluding hydrogens is 230 g/mol. The number of aliphatic hydroxyl groups excluding tert-OH is 1. The first-order chi connectivity index (χ1) is 8.56. The SMILES string of the molecule is CN(C)C(=O)c1ccc(NCCCCO)c(N)c1. The van der Waals surface area contributed by atoms with E-state index in [0.29, 0.717) is 11.3 Å². The van der Waals surface area contributed by atoms with Crippen LogP contribution in [0.3, 0.4) is 0 Å². The van der Waals surface area contributed by atoms with Gasteiger partial charge in [0.1, 0.15) is 0 Å². The van der Waals surface area contributed by atoms with E-state index in [9.17, 15) is 4.79 Å². The smallest absolute Gasteiger partial charge is 0.253 e. The first-order valence-electron chi connectivity index (χ1n) is 6.02. The highest BCUT2D eigenvalue weighted by atomic mass is 16.2. The van der Waals surface area contributed by atoms with Crippen molar-refractivity contribution in [3.63, 3.8) is 0 Å². The van der Waals surface area contributed by atoms with Gasteiger partial charge in [-0.25, -0.2) is 0 Å². The number of anilines is 2. The van der Waals surface area contributed by atoms with Crippen LogP contribution in [0.5, 0.6) is 0 Å². The molecule has 0 saturated carbocycles. The normalized spacial score (nSPS) is 10.2. The fourth-order valence-electron chi connectivity index (χ4n) is 1.57. The van der Waals surface area contributed by atoms with Crippen LogP contribution < -0.4 is 11.1 Å². The van der Waals surface area contributed by atoms with Gasteiger partial charge in [-0.1, -0.05) is 0 Å². The second-order valence-corrected chi connectivity index (χ2v) is 4.36. The zero-order valence-corrected chi connectivity index (χ0v) is 10.9. The number of aliphatic hydroxyl groups is 1. The maximum atomic E-state index is 11.7. The number of carbonyl (C=O) groups is 1. The Morgan fingerprint density at radius 2 is 2.11 bits per heavy atom. The molecule has 0 atom stereocenters. The number of nitrogens with zero attached hydrogens (tertiary/aromatic N) is 1. The third kappa shape index (κ3) is 3.92. The Hall–Kier alpha value is -1.75. The number of carbonyl (C=O) groups excluding carboxylic acids is 1. The monoisotopic (exact) mass is 251 g/mol. The number of benzene rings is 1. The molecule has 0 aliphatic carbocycles. The highest BCUT2D eigenvalue weighted by molar-refractivity contribution is 5.95. The van der Waals surface area contributed by atoms with Gasteiger partial charge >= 0.3 is 0 Å². The Bertz CT molecular complexity index is 405. The van der Waals surface area contributed by atoms with Crippen molar-refractivity contribution in [2.45, 2.75) is 12.8 Å². The maximum absolute atomic E-state index is 11.7.